The summed E-state index contributed by atoms with van der Waals surface area (Å²) in [5, 5.41) is 0. The largest absolute Gasteiger partial charge is 0.483 e. The number of esters is 1. The number of ether oxygens (including phenoxy) is 2. The summed E-state index contributed by atoms with van der Waals surface area (Å²) in [6.07, 6.45) is 1.72. The van der Waals surface area contributed by atoms with Gasteiger partial charge >= 0.3 is 5.97 Å². The van der Waals surface area contributed by atoms with Crippen molar-refractivity contribution in [2.75, 3.05) is 7.11 Å². The number of carbonyl (C=O) groups excluding carboxylic acids is 1. The van der Waals surface area contributed by atoms with E-state index in [1.807, 2.05) is 20.8 Å². The molecule has 5 heteroatoms. The fourth-order valence-corrected chi connectivity index (χ4v) is 2.81. The molecule has 0 spiro atoms. The van der Waals surface area contributed by atoms with Gasteiger partial charge in [-0.25, -0.2) is 4.79 Å². The highest BCUT2D eigenvalue weighted by Gasteiger charge is 2.33. The van der Waals surface area contributed by atoms with Gasteiger partial charge in [-0.2, -0.15) is 0 Å². The molecule has 2 aromatic rings. The smallest absolute Gasteiger partial charge is 0.337 e. The number of methoxy groups -OCH3 is 1. The summed E-state index contributed by atoms with van der Waals surface area (Å²) in [7, 11) is 1.34. The lowest BCUT2D eigenvalue weighted by molar-refractivity contribution is 0.0600. The Morgan fingerprint density at radius 3 is 2.62 bits per heavy atom. The van der Waals surface area contributed by atoms with Gasteiger partial charge in [-0.05, 0) is 50.6 Å². The van der Waals surface area contributed by atoms with Gasteiger partial charge in [-0.3, -0.25) is 9.36 Å². The molecule has 24 heavy (non-hydrogen) atoms. The molecule has 0 aliphatic carbocycles. The first-order valence-corrected chi connectivity index (χ1v) is 7.66. The highest BCUT2D eigenvalue weighted by atomic mass is 16.5. The van der Waals surface area contributed by atoms with Gasteiger partial charge < -0.3 is 9.47 Å². The molecular weight excluding hydrogens is 306 g/mol. The third-order valence-electron chi connectivity index (χ3n) is 4.34. The van der Waals surface area contributed by atoms with E-state index in [-0.39, 0.29) is 5.56 Å². The van der Waals surface area contributed by atoms with Crippen molar-refractivity contribution < 1.29 is 14.3 Å². The van der Waals surface area contributed by atoms with Gasteiger partial charge in [0.15, 0.2) is 0 Å². The van der Waals surface area contributed by atoms with Crippen LogP contribution in [0, 0.1) is 0 Å². The lowest BCUT2D eigenvalue weighted by Gasteiger charge is -2.36. The van der Waals surface area contributed by atoms with Crippen LogP contribution >= 0.6 is 0 Å². The van der Waals surface area contributed by atoms with Crippen LogP contribution in [-0.4, -0.2) is 23.2 Å². The Balaban J connectivity index is 2.31. The Morgan fingerprint density at radius 2 is 1.96 bits per heavy atom. The van der Waals surface area contributed by atoms with Gasteiger partial charge in [0.05, 0.1) is 18.4 Å². The van der Waals surface area contributed by atoms with Crippen molar-refractivity contribution in [3.05, 3.63) is 69.6 Å². The summed E-state index contributed by atoms with van der Waals surface area (Å²) in [5.74, 6) is 0.198. The molecule has 3 rings (SSSR count). The highest BCUT2D eigenvalue weighted by Crippen LogP contribution is 2.41. The number of hydrogen-bond donors (Lipinski definition) is 0. The maximum Gasteiger partial charge on any atom is 0.337 e. The number of aromatic nitrogens is 1. The van der Waals surface area contributed by atoms with Gasteiger partial charge in [0.25, 0.3) is 5.56 Å². The lowest BCUT2D eigenvalue weighted by atomic mass is 9.90. The van der Waals surface area contributed by atoms with Crippen LogP contribution in [0.5, 0.6) is 5.75 Å². The molecular formula is C19H19NO4. The van der Waals surface area contributed by atoms with E-state index in [0.29, 0.717) is 16.9 Å². The van der Waals surface area contributed by atoms with E-state index in [4.69, 9.17) is 9.47 Å². The lowest BCUT2D eigenvalue weighted by Crippen LogP contribution is -2.36. The fraction of sp³-hybridized carbons (Fsp3) is 0.263. The Hall–Kier alpha value is -2.82. The van der Waals surface area contributed by atoms with Crippen LogP contribution in [0.1, 0.15) is 36.7 Å². The zero-order valence-corrected chi connectivity index (χ0v) is 14.1. The maximum atomic E-state index is 12.4. The zero-order valence-electron chi connectivity index (χ0n) is 14.1. The normalized spacial score (nSPS) is 15.5. The van der Waals surface area contributed by atoms with E-state index in [1.54, 1.807) is 41.1 Å². The molecule has 0 saturated carbocycles. The molecule has 1 aromatic carbocycles. The first kappa shape index (κ1) is 16.1. The first-order chi connectivity index (χ1) is 11.3. The molecule has 0 radical (unpaired) electrons. The number of fused-ring (bicyclic) bond motifs is 1. The fourth-order valence-electron chi connectivity index (χ4n) is 2.81. The van der Waals surface area contributed by atoms with Crippen molar-refractivity contribution in [2.24, 2.45) is 0 Å². The van der Waals surface area contributed by atoms with Gasteiger partial charge in [0, 0.05) is 17.8 Å². The second kappa shape index (κ2) is 5.67. The first-order valence-electron chi connectivity index (χ1n) is 7.66. The van der Waals surface area contributed by atoms with Crippen LogP contribution in [0.4, 0.5) is 0 Å². The van der Waals surface area contributed by atoms with Crippen LogP contribution in [0.15, 0.2) is 53.0 Å². The number of nitrogens with zero attached hydrogens (tertiary/aromatic N) is 1. The minimum Gasteiger partial charge on any atom is -0.483 e. The summed E-state index contributed by atoms with van der Waals surface area (Å²) in [6, 6.07) is 10.1. The molecule has 0 fully saturated rings. The molecule has 5 nitrogen and oxygen atoms in total. The van der Waals surface area contributed by atoms with Crippen molar-refractivity contribution >= 4 is 11.7 Å². The quantitative estimate of drug-likeness (QED) is 0.796. The maximum absolute atomic E-state index is 12.4. The molecule has 0 saturated heterocycles. The SMILES string of the molecule is COC(=O)c1ccc2c(c1)C(n1ccccc1=O)=C(C)C(C)(C)O2. The minimum atomic E-state index is -0.565. The number of pyridine rings is 1. The van der Waals surface area contributed by atoms with Crippen molar-refractivity contribution in [3.63, 3.8) is 0 Å². The standard InChI is InChI=1S/C19H19NO4/c1-12-17(20-10-6-5-7-16(20)21)14-11-13(18(22)23-4)8-9-15(14)24-19(12,2)3/h5-11H,1-4H3. The summed E-state index contributed by atoms with van der Waals surface area (Å²) >= 11 is 0. The Labute approximate surface area is 140 Å². The monoisotopic (exact) mass is 325 g/mol. The summed E-state index contributed by atoms with van der Waals surface area (Å²) in [4.78, 5) is 24.2. The van der Waals surface area contributed by atoms with Gasteiger partial charge in [-0.1, -0.05) is 6.07 Å². The molecule has 1 aromatic heterocycles. The third kappa shape index (κ3) is 2.52. The predicted octanol–water partition coefficient (Wildman–Crippen LogP) is 3.09. The van der Waals surface area contributed by atoms with E-state index in [9.17, 15) is 9.59 Å². The Bertz CT molecular complexity index is 906. The van der Waals surface area contributed by atoms with E-state index in [1.165, 1.54) is 13.2 Å². The average molecular weight is 325 g/mol. The number of rotatable bonds is 2. The summed E-state index contributed by atoms with van der Waals surface area (Å²) in [6.45, 7) is 5.84. The van der Waals surface area contributed by atoms with E-state index in [0.717, 1.165) is 11.3 Å². The number of hydrogen-bond acceptors (Lipinski definition) is 4. The highest BCUT2D eigenvalue weighted by molar-refractivity contribution is 5.91. The molecule has 2 heterocycles. The van der Waals surface area contributed by atoms with Crippen molar-refractivity contribution in [2.45, 2.75) is 26.4 Å². The van der Waals surface area contributed by atoms with Crippen LogP contribution < -0.4 is 10.3 Å². The second-order valence-corrected chi connectivity index (χ2v) is 6.20. The number of benzene rings is 1. The van der Waals surface area contributed by atoms with E-state index < -0.39 is 11.6 Å². The average Bonchev–Trinajstić information content (AvgIpc) is 2.56. The predicted molar refractivity (Wildman–Crippen MR) is 91.2 cm³/mol. The summed E-state index contributed by atoms with van der Waals surface area (Å²) < 4.78 is 12.4. The topological polar surface area (TPSA) is 57.5 Å². The van der Waals surface area contributed by atoms with Crippen LogP contribution in [-0.2, 0) is 4.74 Å². The zero-order chi connectivity index (χ0) is 17.5. The molecule has 0 bridgehead atoms. The van der Waals surface area contributed by atoms with Crippen molar-refractivity contribution in [1.29, 1.82) is 0 Å². The molecule has 0 N–H and O–H groups in total. The Morgan fingerprint density at radius 1 is 1.21 bits per heavy atom. The Kier molecular flexibility index (Phi) is 3.79. The molecule has 0 atom stereocenters. The molecule has 124 valence electrons. The molecule has 0 unspecified atom stereocenters. The van der Waals surface area contributed by atoms with Crippen LogP contribution in [0.25, 0.3) is 5.70 Å². The van der Waals surface area contributed by atoms with Crippen LogP contribution in [0.2, 0.25) is 0 Å². The van der Waals surface area contributed by atoms with Gasteiger partial charge in [0.1, 0.15) is 11.4 Å². The van der Waals surface area contributed by atoms with Crippen molar-refractivity contribution in [1.82, 2.24) is 4.57 Å². The molecule has 1 aliphatic rings. The number of carbonyl (C=O) groups is 1. The third-order valence-corrected chi connectivity index (χ3v) is 4.34. The second-order valence-electron chi connectivity index (χ2n) is 6.20. The van der Waals surface area contributed by atoms with Crippen LogP contribution in [0.3, 0.4) is 0 Å². The molecule has 0 amide bonds. The van der Waals surface area contributed by atoms with Crippen molar-refractivity contribution in [3.8, 4) is 5.75 Å². The summed E-state index contributed by atoms with van der Waals surface area (Å²) in [5.41, 5.74) is 2.04. The van der Waals surface area contributed by atoms with Gasteiger partial charge in [-0.15, -0.1) is 0 Å². The van der Waals surface area contributed by atoms with Gasteiger partial charge in [0.2, 0.25) is 0 Å². The van der Waals surface area contributed by atoms with E-state index in [2.05, 4.69) is 0 Å². The minimum absolute atomic E-state index is 0.140. The van der Waals surface area contributed by atoms with E-state index >= 15 is 0 Å². The molecule has 1 aliphatic heterocycles.